The number of aromatic nitrogens is 3. The predicted octanol–water partition coefficient (Wildman–Crippen LogP) is 5.37. The third kappa shape index (κ3) is 7.59. The van der Waals surface area contributed by atoms with Crippen molar-refractivity contribution in [1.82, 2.24) is 20.3 Å². The van der Waals surface area contributed by atoms with Gasteiger partial charge in [0.25, 0.3) is 0 Å². The van der Waals surface area contributed by atoms with Crippen LogP contribution in [0.15, 0.2) is 27.8 Å². The molecule has 0 aliphatic carbocycles. The number of carbonyl (C=O) groups is 1. The molecule has 7 nitrogen and oxygen atoms in total. The van der Waals surface area contributed by atoms with Crippen molar-refractivity contribution in [3.63, 3.8) is 0 Å². The number of carboxylic acid groups (broad SMARTS) is 1. The number of rotatable bonds is 6. The van der Waals surface area contributed by atoms with Gasteiger partial charge >= 0.3 is 12.1 Å². The van der Waals surface area contributed by atoms with Crippen molar-refractivity contribution in [2.75, 3.05) is 13.1 Å². The topological polar surface area (TPSA) is 95.3 Å². The standard InChI is InChI=1S/C21H30N4O.C2HF3O2/c1-14(2)7-6-8-15(3)9-11-25-12-10-19-18(13-25)21(23-22-19)20-16(4)24-26-17(20)5;3-2(4,5)1(6)7/h7,9H,6,8,10-13H2,1-5H3,(H,22,23);(H,6,7). The number of aromatic amines is 1. The molecule has 0 atom stereocenters. The number of hydrogen-bond donors (Lipinski definition) is 2. The Kier molecular flexibility index (Phi) is 9.04. The smallest absolute Gasteiger partial charge is 0.475 e. The lowest BCUT2D eigenvalue weighted by molar-refractivity contribution is -0.192. The number of aliphatic carboxylic acids is 1. The zero-order valence-corrected chi connectivity index (χ0v) is 19.6. The molecular formula is C23H31F3N4O3. The molecule has 3 rings (SSSR count). The molecule has 0 radical (unpaired) electrons. The highest BCUT2D eigenvalue weighted by atomic mass is 19.4. The number of nitrogens with zero attached hydrogens (tertiary/aromatic N) is 3. The van der Waals surface area contributed by atoms with Crippen molar-refractivity contribution in [3.8, 4) is 11.3 Å². The molecule has 0 spiro atoms. The number of H-pyrrole nitrogens is 1. The second-order valence-corrected chi connectivity index (χ2v) is 8.39. The third-order valence-electron chi connectivity index (χ3n) is 5.31. The largest absolute Gasteiger partial charge is 0.490 e. The van der Waals surface area contributed by atoms with Crippen LogP contribution in [0, 0.1) is 13.8 Å². The van der Waals surface area contributed by atoms with Crippen LogP contribution < -0.4 is 0 Å². The minimum atomic E-state index is -5.08. The zero-order chi connectivity index (χ0) is 24.8. The summed E-state index contributed by atoms with van der Waals surface area (Å²) in [6.07, 6.45) is 2.88. The van der Waals surface area contributed by atoms with Gasteiger partial charge in [-0.25, -0.2) is 4.79 Å². The molecule has 10 heteroatoms. The molecular weight excluding hydrogens is 437 g/mol. The average Bonchev–Trinajstić information content (AvgIpc) is 3.27. The number of nitrogens with one attached hydrogen (secondary N) is 1. The summed E-state index contributed by atoms with van der Waals surface area (Å²) in [5.41, 5.74) is 8.35. The Bertz CT molecular complexity index is 995. The Morgan fingerprint density at radius 1 is 1.24 bits per heavy atom. The first kappa shape index (κ1) is 26.4. The minimum Gasteiger partial charge on any atom is -0.475 e. The summed E-state index contributed by atoms with van der Waals surface area (Å²) in [6, 6.07) is 0. The molecule has 2 aromatic rings. The summed E-state index contributed by atoms with van der Waals surface area (Å²) in [5, 5.41) is 19.0. The van der Waals surface area contributed by atoms with Crippen molar-refractivity contribution in [2.24, 2.45) is 0 Å². The van der Waals surface area contributed by atoms with Crippen LogP contribution in [0.5, 0.6) is 0 Å². The number of fused-ring (bicyclic) bond motifs is 1. The first-order valence-corrected chi connectivity index (χ1v) is 10.7. The van der Waals surface area contributed by atoms with Crippen molar-refractivity contribution < 1.29 is 27.6 Å². The fourth-order valence-corrected chi connectivity index (χ4v) is 3.51. The van der Waals surface area contributed by atoms with Gasteiger partial charge in [0.15, 0.2) is 0 Å². The number of hydrogen-bond acceptors (Lipinski definition) is 5. The highest BCUT2D eigenvalue weighted by Gasteiger charge is 2.38. The van der Waals surface area contributed by atoms with E-state index in [2.05, 4.69) is 53.2 Å². The maximum atomic E-state index is 10.6. The lowest BCUT2D eigenvalue weighted by Crippen LogP contribution is -2.30. The molecule has 182 valence electrons. The van der Waals surface area contributed by atoms with E-state index in [1.807, 2.05) is 13.8 Å². The highest BCUT2D eigenvalue weighted by molar-refractivity contribution is 5.73. The number of halogens is 3. The molecule has 0 unspecified atom stereocenters. The summed E-state index contributed by atoms with van der Waals surface area (Å²) in [7, 11) is 0. The molecule has 0 saturated carbocycles. The maximum Gasteiger partial charge on any atom is 0.490 e. The number of alkyl halides is 3. The van der Waals surface area contributed by atoms with E-state index >= 15 is 0 Å². The van der Waals surface area contributed by atoms with Crippen LogP contribution in [0.1, 0.15) is 56.3 Å². The Hall–Kier alpha value is -2.88. The third-order valence-corrected chi connectivity index (χ3v) is 5.31. The van der Waals surface area contributed by atoms with E-state index in [0.717, 1.165) is 61.6 Å². The second-order valence-electron chi connectivity index (χ2n) is 8.39. The minimum absolute atomic E-state index is 0.837. The van der Waals surface area contributed by atoms with Crippen LogP contribution in [0.2, 0.25) is 0 Å². The van der Waals surface area contributed by atoms with E-state index in [0.29, 0.717) is 0 Å². The number of carboxylic acids is 1. The average molecular weight is 469 g/mol. The first-order valence-electron chi connectivity index (χ1n) is 10.7. The summed E-state index contributed by atoms with van der Waals surface area (Å²) in [4.78, 5) is 11.4. The Morgan fingerprint density at radius 3 is 2.45 bits per heavy atom. The Labute approximate surface area is 191 Å². The van der Waals surface area contributed by atoms with Gasteiger partial charge in [-0.1, -0.05) is 28.5 Å². The molecule has 0 bridgehead atoms. The Morgan fingerprint density at radius 2 is 1.91 bits per heavy atom. The van der Waals surface area contributed by atoms with Crippen molar-refractivity contribution in [2.45, 2.75) is 66.6 Å². The summed E-state index contributed by atoms with van der Waals surface area (Å²) >= 11 is 0. The monoisotopic (exact) mass is 468 g/mol. The van der Waals surface area contributed by atoms with Crippen molar-refractivity contribution in [1.29, 1.82) is 0 Å². The molecule has 0 amide bonds. The van der Waals surface area contributed by atoms with E-state index in [4.69, 9.17) is 14.4 Å². The molecule has 2 aromatic heterocycles. The fourth-order valence-electron chi connectivity index (χ4n) is 3.51. The molecule has 0 fully saturated rings. The van der Waals surface area contributed by atoms with E-state index in [1.165, 1.54) is 22.4 Å². The normalized spacial score (nSPS) is 14.4. The van der Waals surface area contributed by atoms with Crippen LogP contribution >= 0.6 is 0 Å². The number of aryl methyl sites for hydroxylation is 2. The zero-order valence-electron chi connectivity index (χ0n) is 19.6. The van der Waals surface area contributed by atoms with Crippen LogP contribution in [-0.4, -0.2) is 50.6 Å². The molecule has 0 aromatic carbocycles. The predicted molar refractivity (Wildman–Crippen MR) is 119 cm³/mol. The Balaban J connectivity index is 0.000000479. The highest BCUT2D eigenvalue weighted by Crippen LogP contribution is 2.32. The van der Waals surface area contributed by atoms with Crippen LogP contribution in [0.3, 0.4) is 0 Å². The van der Waals surface area contributed by atoms with Crippen LogP contribution in [0.25, 0.3) is 11.3 Å². The second kappa shape index (κ2) is 11.3. The van der Waals surface area contributed by atoms with Gasteiger partial charge in [-0.2, -0.15) is 18.3 Å². The van der Waals surface area contributed by atoms with Gasteiger partial charge in [-0.3, -0.25) is 10.00 Å². The summed E-state index contributed by atoms with van der Waals surface area (Å²) in [6.45, 7) is 13.5. The molecule has 1 aliphatic rings. The maximum absolute atomic E-state index is 10.6. The van der Waals surface area contributed by atoms with Gasteiger partial charge < -0.3 is 9.63 Å². The van der Waals surface area contributed by atoms with E-state index < -0.39 is 12.1 Å². The quantitative estimate of drug-likeness (QED) is 0.554. The van der Waals surface area contributed by atoms with Crippen LogP contribution in [-0.2, 0) is 17.8 Å². The number of allylic oxidation sites excluding steroid dienone is 3. The van der Waals surface area contributed by atoms with Crippen molar-refractivity contribution in [3.05, 3.63) is 46.0 Å². The van der Waals surface area contributed by atoms with Gasteiger partial charge in [0.1, 0.15) is 11.5 Å². The molecule has 3 heterocycles. The first-order chi connectivity index (χ1) is 15.4. The van der Waals surface area contributed by atoms with Gasteiger partial charge in [0.2, 0.25) is 0 Å². The SMILES string of the molecule is CC(C)=CCCC(C)=CCN1CCc2[nH]nc(-c3c(C)noc3C)c2C1.O=C(O)C(F)(F)F. The van der Waals surface area contributed by atoms with Crippen molar-refractivity contribution >= 4 is 5.97 Å². The van der Waals surface area contributed by atoms with E-state index in [9.17, 15) is 13.2 Å². The van der Waals surface area contributed by atoms with Gasteiger partial charge in [-0.15, -0.1) is 0 Å². The van der Waals surface area contributed by atoms with Crippen LogP contribution in [0.4, 0.5) is 13.2 Å². The van der Waals surface area contributed by atoms with Gasteiger partial charge in [0, 0.05) is 37.3 Å². The van der Waals surface area contributed by atoms with E-state index in [1.54, 1.807) is 0 Å². The molecule has 1 aliphatic heterocycles. The summed E-state index contributed by atoms with van der Waals surface area (Å²) in [5.74, 6) is -1.92. The molecule has 33 heavy (non-hydrogen) atoms. The fraction of sp³-hybridized carbons (Fsp3) is 0.522. The molecule has 0 saturated heterocycles. The van der Waals surface area contributed by atoms with Gasteiger partial charge in [-0.05, 0) is 47.5 Å². The summed E-state index contributed by atoms with van der Waals surface area (Å²) < 4.78 is 37.1. The lowest BCUT2D eigenvalue weighted by Gasteiger charge is -2.26. The lowest BCUT2D eigenvalue weighted by atomic mass is 10.00. The van der Waals surface area contributed by atoms with Gasteiger partial charge in [0.05, 0.1) is 11.3 Å². The molecule has 2 N–H and O–H groups in total. The van der Waals surface area contributed by atoms with E-state index in [-0.39, 0.29) is 0 Å².